The number of ether oxygens (including phenoxy) is 3. The van der Waals surface area contributed by atoms with Crippen LogP contribution in [0.4, 0.5) is 5.69 Å². The Balaban J connectivity index is 1.56. The molecular weight excluding hydrogens is 782 g/mol. The summed E-state index contributed by atoms with van der Waals surface area (Å²) >= 11 is 9.38. The molecule has 1 saturated heterocycles. The van der Waals surface area contributed by atoms with Crippen molar-refractivity contribution in [1.29, 1.82) is 0 Å². The zero-order valence-electron chi connectivity index (χ0n) is 20.0. The molecule has 37 heavy (non-hydrogen) atoms. The lowest BCUT2D eigenvalue weighted by atomic mass is 10.2. The molecule has 1 aliphatic rings. The van der Waals surface area contributed by atoms with Crippen LogP contribution in [-0.4, -0.2) is 43.3 Å². The fourth-order valence-corrected chi connectivity index (χ4v) is 6.84. The Kier molecular flexibility index (Phi) is 10.3. The third kappa shape index (κ3) is 7.49. The lowest BCUT2D eigenvalue weighted by molar-refractivity contribution is -0.122. The maximum atomic E-state index is 13.3. The highest BCUT2D eigenvalue weighted by Crippen LogP contribution is 2.36. The number of methoxy groups -OCH3 is 2. The predicted molar refractivity (Wildman–Crippen MR) is 170 cm³/mol. The highest BCUT2D eigenvalue weighted by Gasteiger charge is 2.33. The van der Waals surface area contributed by atoms with E-state index < -0.39 is 0 Å². The molecule has 0 aromatic heterocycles. The number of amides is 1. The molecule has 6 nitrogen and oxygen atoms in total. The van der Waals surface area contributed by atoms with Crippen molar-refractivity contribution < 1.29 is 19.0 Å². The number of carbonyl (C=O) groups excluding carboxylic acids is 1. The Morgan fingerprint density at radius 3 is 2.32 bits per heavy atom. The van der Waals surface area contributed by atoms with Crippen LogP contribution < -0.4 is 9.47 Å². The molecule has 1 heterocycles. The van der Waals surface area contributed by atoms with Crippen molar-refractivity contribution in [2.75, 3.05) is 27.4 Å². The van der Waals surface area contributed by atoms with Gasteiger partial charge in [0.2, 0.25) is 0 Å². The monoisotopic (exact) mass is 804 g/mol. The Bertz CT molecular complexity index is 1310. The number of amidine groups is 1. The van der Waals surface area contributed by atoms with Crippen molar-refractivity contribution in [1.82, 2.24) is 4.90 Å². The summed E-state index contributed by atoms with van der Waals surface area (Å²) < 4.78 is 19.6. The minimum absolute atomic E-state index is 0.0881. The molecule has 1 amide bonds. The first-order valence-electron chi connectivity index (χ1n) is 11.2. The highest BCUT2D eigenvalue weighted by atomic mass is 127. The van der Waals surface area contributed by atoms with Crippen LogP contribution in [0.5, 0.6) is 11.5 Å². The van der Waals surface area contributed by atoms with Crippen LogP contribution >= 0.6 is 72.9 Å². The second kappa shape index (κ2) is 13.5. The molecule has 0 bridgehead atoms. The minimum atomic E-state index is -0.0881. The van der Waals surface area contributed by atoms with E-state index in [0.29, 0.717) is 29.8 Å². The van der Waals surface area contributed by atoms with E-state index in [1.165, 1.54) is 11.8 Å². The average molecular weight is 805 g/mol. The zero-order valence-corrected chi connectivity index (χ0v) is 26.8. The van der Waals surface area contributed by atoms with Crippen LogP contribution in [0.15, 0.2) is 75.0 Å². The molecule has 3 aromatic rings. The summed E-state index contributed by atoms with van der Waals surface area (Å²) in [6, 6.07) is 19.6. The molecule has 0 saturated carbocycles. The molecule has 0 unspecified atom stereocenters. The highest BCUT2D eigenvalue weighted by molar-refractivity contribution is 14.1. The summed E-state index contributed by atoms with van der Waals surface area (Å²) in [6.07, 6.45) is 1.91. The average Bonchev–Trinajstić information content (AvgIpc) is 3.17. The summed E-state index contributed by atoms with van der Waals surface area (Å²) in [7, 11) is 3.24. The second-order valence-corrected chi connectivity index (χ2v) is 12.1. The maximum Gasteiger partial charge on any atom is 0.266 e. The Morgan fingerprint density at radius 2 is 1.70 bits per heavy atom. The Labute approximate surface area is 256 Å². The van der Waals surface area contributed by atoms with Gasteiger partial charge in [-0.3, -0.25) is 9.69 Å². The zero-order chi connectivity index (χ0) is 26.4. The summed E-state index contributed by atoms with van der Waals surface area (Å²) in [5.41, 5.74) is 2.77. The van der Waals surface area contributed by atoms with Gasteiger partial charge >= 0.3 is 0 Å². The number of hydrogen-bond acceptors (Lipinski definition) is 6. The number of nitrogens with zero attached hydrogens (tertiary/aromatic N) is 2. The van der Waals surface area contributed by atoms with Gasteiger partial charge in [0.1, 0.15) is 18.1 Å². The quantitative estimate of drug-likeness (QED) is 0.166. The third-order valence-electron chi connectivity index (χ3n) is 5.32. The number of aliphatic imine (C=N–C) groups is 1. The third-order valence-corrected chi connectivity index (χ3v) is 8.46. The van der Waals surface area contributed by atoms with Gasteiger partial charge in [0.25, 0.3) is 5.91 Å². The van der Waals surface area contributed by atoms with Crippen molar-refractivity contribution >= 4 is 95.7 Å². The first-order chi connectivity index (χ1) is 17.9. The molecule has 0 atom stereocenters. The Hall–Kier alpha value is -1.61. The fraction of sp³-hybridized carbons (Fsp3) is 0.185. The lowest BCUT2D eigenvalue weighted by Crippen LogP contribution is -2.32. The van der Waals surface area contributed by atoms with Gasteiger partial charge in [0.15, 0.2) is 5.17 Å². The van der Waals surface area contributed by atoms with E-state index in [-0.39, 0.29) is 5.91 Å². The number of thioether (sulfide) groups is 1. The van der Waals surface area contributed by atoms with Crippen LogP contribution in [0.2, 0.25) is 0 Å². The number of carbonyl (C=O) groups is 1. The van der Waals surface area contributed by atoms with Gasteiger partial charge in [0, 0.05) is 11.6 Å². The van der Waals surface area contributed by atoms with Gasteiger partial charge in [-0.05, 0) is 123 Å². The van der Waals surface area contributed by atoms with Crippen LogP contribution in [0.25, 0.3) is 6.08 Å². The van der Waals surface area contributed by atoms with Crippen LogP contribution in [0.3, 0.4) is 0 Å². The number of rotatable bonds is 9. The molecule has 0 N–H and O–H groups in total. The van der Waals surface area contributed by atoms with Crippen LogP contribution in [0, 0.1) is 7.14 Å². The summed E-state index contributed by atoms with van der Waals surface area (Å²) in [6.45, 7) is 1.32. The lowest BCUT2D eigenvalue weighted by Gasteiger charge is -2.14. The van der Waals surface area contributed by atoms with Crippen LogP contribution in [-0.2, 0) is 16.1 Å². The summed E-state index contributed by atoms with van der Waals surface area (Å²) in [5, 5.41) is 0.623. The van der Waals surface area contributed by atoms with Crippen LogP contribution in [0.1, 0.15) is 11.1 Å². The smallest absolute Gasteiger partial charge is 0.266 e. The molecule has 0 spiro atoms. The number of benzene rings is 3. The van der Waals surface area contributed by atoms with Crippen molar-refractivity contribution in [3.05, 3.63) is 88.3 Å². The van der Waals surface area contributed by atoms with Crippen molar-refractivity contribution in [2.24, 2.45) is 4.99 Å². The first kappa shape index (κ1) is 28.4. The van der Waals surface area contributed by atoms with Crippen molar-refractivity contribution in [3.63, 3.8) is 0 Å². The summed E-state index contributed by atoms with van der Waals surface area (Å²) in [4.78, 5) is 20.3. The minimum Gasteiger partial charge on any atom is -0.497 e. The molecular formula is C27H23BrI2N2O4S. The molecule has 10 heteroatoms. The molecule has 1 aliphatic heterocycles. The second-order valence-electron chi connectivity index (χ2n) is 7.88. The Morgan fingerprint density at radius 1 is 1.03 bits per heavy atom. The standard InChI is InChI=1S/C27H23BrI2N2O4S/c1-34-12-11-32-26(33)24(37-27(32)31-20-7-9-21(35-2)10-8-20)15-18-13-22(29)25(23(30)14-18)36-16-17-3-5-19(28)6-4-17/h3-10,13-15H,11-12,16H2,1-2H3/b24-15-,31-27?. The van der Waals surface area contributed by atoms with E-state index in [2.05, 4.69) is 61.1 Å². The molecule has 0 radical (unpaired) electrons. The van der Waals surface area contributed by atoms with E-state index >= 15 is 0 Å². The van der Waals surface area contributed by atoms with Gasteiger partial charge in [-0.25, -0.2) is 4.99 Å². The van der Waals surface area contributed by atoms with E-state index in [1.807, 2.05) is 66.7 Å². The first-order valence-corrected chi connectivity index (χ1v) is 14.9. The van der Waals surface area contributed by atoms with Gasteiger partial charge in [-0.1, -0.05) is 28.1 Å². The van der Waals surface area contributed by atoms with Crippen molar-refractivity contribution in [3.8, 4) is 11.5 Å². The van der Waals surface area contributed by atoms with Gasteiger partial charge < -0.3 is 14.2 Å². The maximum absolute atomic E-state index is 13.3. The topological polar surface area (TPSA) is 60.4 Å². The number of halogens is 3. The number of hydrogen-bond donors (Lipinski definition) is 0. The SMILES string of the molecule is COCCN1C(=O)/C(=C/c2cc(I)c(OCc3ccc(Br)cc3)c(I)c2)SC1=Nc1ccc(OC)cc1. The molecule has 1 fully saturated rings. The molecule has 192 valence electrons. The molecule has 4 rings (SSSR count). The van der Waals surface area contributed by atoms with Gasteiger partial charge in [-0.15, -0.1) is 0 Å². The van der Waals surface area contributed by atoms with Gasteiger partial charge in [-0.2, -0.15) is 0 Å². The summed E-state index contributed by atoms with van der Waals surface area (Å²) in [5.74, 6) is 1.50. The van der Waals surface area contributed by atoms with E-state index in [1.54, 1.807) is 19.1 Å². The normalized spacial score (nSPS) is 15.6. The van der Waals surface area contributed by atoms with Gasteiger partial charge in [0.05, 0.1) is 38.0 Å². The largest absolute Gasteiger partial charge is 0.497 e. The van der Waals surface area contributed by atoms with Crippen molar-refractivity contribution in [2.45, 2.75) is 6.61 Å². The predicted octanol–water partition coefficient (Wildman–Crippen LogP) is 7.50. The van der Waals surface area contributed by atoms with E-state index in [9.17, 15) is 4.79 Å². The molecule has 0 aliphatic carbocycles. The van der Waals surface area contributed by atoms with E-state index in [0.717, 1.165) is 39.9 Å². The van der Waals surface area contributed by atoms with E-state index in [4.69, 9.17) is 19.2 Å². The fourth-order valence-electron chi connectivity index (χ4n) is 3.43. The molecule has 3 aromatic carbocycles.